The van der Waals surface area contributed by atoms with Crippen LogP contribution in [0.2, 0.25) is 0 Å². The monoisotopic (exact) mass is 350 g/mol. The molecule has 0 spiro atoms. The Morgan fingerprint density at radius 3 is 1.96 bits per heavy atom. The van der Waals surface area contributed by atoms with E-state index in [1.54, 1.807) is 0 Å². The van der Waals surface area contributed by atoms with E-state index in [4.69, 9.17) is 4.74 Å². The third-order valence-corrected chi connectivity index (χ3v) is 5.70. The lowest BCUT2D eigenvalue weighted by Crippen LogP contribution is -2.55. The largest absolute Gasteiger partial charge is 0.378 e. The lowest BCUT2D eigenvalue weighted by atomic mass is 9.69. The van der Waals surface area contributed by atoms with E-state index in [0.29, 0.717) is 26.3 Å². The van der Waals surface area contributed by atoms with Gasteiger partial charge in [-0.15, -0.1) is 0 Å². The fourth-order valence-corrected chi connectivity index (χ4v) is 4.33. The molecule has 4 rings (SSSR count). The van der Waals surface area contributed by atoms with Crippen LogP contribution < -0.4 is 0 Å². The van der Waals surface area contributed by atoms with Crippen LogP contribution in [0.3, 0.4) is 0 Å². The van der Waals surface area contributed by atoms with Gasteiger partial charge in [-0.25, -0.2) is 4.79 Å². The molecule has 4 nitrogen and oxygen atoms in total. The van der Waals surface area contributed by atoms with Crippen molar-refractivity contribution in [1.29, 1.82) is 0 Å². The molecular weight excluding hydrogens is 324 g/mol. The summed E-state index contributed by atoms with van der Waals surface area (Å²) in [5, 5.41) is 0. The first-order valence-electron chi connectivity index (χ1n) is 9.52. The minimum absolute atomic E-state index is 0.136. The van der Waals surface area contributed by atoms with Crippen LogP contribution in [0.4, 0.5) is 4.79 Å². The Morgan fingerprint density at radius 1 is 0.808 bits per heavy atom. The van der Waals surface area contributed by atoms with E-state index in [1.807, 2.05) is 4.90 Å². The average Bonchev–Trinajstić information content (AvgIpc) is 2.75. The van der Waals surface area contributed by atoms with Crippen LogP contribution in [0, 0.1) is 0 Å². The van der Waals surface area contributed by atoms with Gasteiger partial charge in [-0.3, -0.25) is 0 Å². The van der Waals surface area contributed by atoms with Crippen LogP contribution >= 0.6 is 0 Å². The topological polar surface area (TPSA) is 32.8 Å². The molecule has 2 aliphatic rings. The number of hydrogen-bond acceptors (Lipinski definition) is 2. The van der Waals surface area contributed by atoms with E-state index in [0.717, 1.165) is 25.9 Å². The summed E-state index contributed by atoms with van der Waals surface area (Å²) in [4.78, 5) is 17.1. The van der Waals surface area contributed by atoms with Crippen molar-refractivity contribution in [1.82, 2.24) is 9.80 Å². The number of benzene rings is 2. The molecule has 2 amide bonds. The number of ether oxygens (including phenoxy) is 1. The van der Waals surface area contributed by atoms with E-state index in [2.05, 4.69) is 65.6 Å². The number of carbonyl (C=O) groups excluding carboxylic acids is 1. The van der Waals surface area contributed by atoms with Gasteiger partial charge in [-0.1, -0.05) is 60.7 Å². The third kappa shape index (κ3) is 3.21. The van der Waals surface area contributed by atoms with Crippen LogP contribution in [-0.2, 0) is 10.2 Å². The Balaban J connectivity index is 1.67. The van der Waals surface area contributed by atoms with Crippen molar-refractivity contribution in [3.05, 3.63) is 71.8 Å². The lowest BCUT2D eigenvalue weighted by Gasteiger charge is -2.45. The fourth-order valence-electron chi connectivity index (χ4n) is 4.33. The molecule has 0 unspecified atom stereocenters. The van der Waals surface area contributed by atoms with Crippen molar-refractivity contribution in [2.24, 2.45) is 0 Å². The molecule has 0 bridgehead atoms. The Labute approximate surface area is 155 Å². The number of carbonyl (C=O) groups is 1. The minimum Gasteiger partial charge on any atom is -0.378 e. The number of urea groups is 1. The molecule has 2 fully saturated rings. The molecule has 4 heteroatoms. The molecule has 0 aromatic heterocycles. The molecule has 0 saturated carbocycles. The molecule has 2 aliphatic heterocycles. The Bertz CT molecular complexity index is 687. The van der Waals surface area contributed by atoms with Gasteiger partial charge >= 0.3 is 6.03 Å². The molecule has 2 heterocycles. The summed E-state index contributed by atoms with van der Waals surface area (Å²) in [6.07, 6.45) is 2.08. The van der Waals surface area contributed by atoms with Gasteiger partial charge in [-0.05, 0) is 24.0 Å². The molecule has 0 radical (unpaired) electrons. The van der Waals surface area contributed by atoms with E-state index < -0.39 is 0 Å². The molecule has 26 heavy (non-hydrogen) atoms. The Kier molecular flexibility index (Phi) is 4.93. The summed E-state index contributed by atoms with van der Waals surface area (Å²) in [5.74, 6) is 0. The zero-order valence-electron chi connectivity index (χ0n) is 15.1. The predicted octanol–water partition coefficient (Wildman–Crippen LogP) is 3.52. The first-order valence-corrected chi connectivity index (χ1v) is 9.52. The maximum Gasteiger partial charge on any atom is 0.320 e. The van der Waals surface area contributed by atoms with E-state index in [-0.39, 0.29) is 11.4 Å². The average molecular weight is 350 g/mol. The van der Waals surface area contributed by atoms with Crippen molar-refractivity contribution >= 4 is 6.03 Å². The summed E-state index contributed by atoms with van der Waals surface area (Å²) in [7, 11) is 0. The second-order valence-corrected chi connectivity index (χ2v) is 7.22. The van der Waals surface area contributed by atoms with Crippen LogP contribution in [0.1, 0.15) is 24.0 Å². The van der Waals surface area contributed by atoms with Crippen LogP contribution in [0.5, 0.6) is 0 Å². The van der Waals surface area contributed by atoms with Crippen molar-refractivity contribution < 1.29 is 9.53 Å². The predicted molar refractivity (Wildman–Crippen MR) is 102 cm³/mol. The zero-order valence-corrected chi connectivity index (χ0v) is 15.1. The third-order valence-electron chi connectivity index (χ3n) is 5.70. The number of amides is 2. The summed E-state index contributed by atoms with van der Waals surface area (Å²) in [6.45, 7) is 4.23. The summed E-state index contributed by atoms with van der Waals surface area (Å²) >= 11 is 0. The SMILES string of the molecule is O=C(N1CCOCC1)N1CCCC(c2ccccc2)(c2ccccc2)C1. The number of likely N-dealkylation sites (tertiary alicyclic amines) is 1. The van der Waals surface area contributed by atoms with Gasteiger partial charge in [-0.2, -0.15) is 0 Å². The van der Waals surface area contributed by atoms with Crippen molar-refractivity contribution in [3.63, 3.8) is 0 Å². The highest BCUT2D eigenvalue weighted by Crippen LogP contribution is 2.40. The second-order valence-electron chi connectivity index (χ2n) is 7.22. The summed E-state index contributed by atoms with van der Waals surface area (Å²) in [6, 6.07) is 21.5. The molecule has 2 aromatic rings. The van der Waals surface area contributed by atoms with Crippen molar-refractivity contribution in [3.8, 4) is 0 Å². The maximum absolute atomic E-state index is 13.1. The quantitative estimate of drug-likeness (QED) is 0.830. The lowest BCUT2D eigenvalue weighted by molar-refractivity contribution is 0.0388. The fraction of sp³-hybridized carbons (Fsp3) is 0.409. The Morgan fingerprint density at radius 2 is 1.38 bits per heavy atom. The number of rotatable bonds is 2. The first-order chi connectivity index (χ1) is 12.8. The van der Waals surface area contributed by atoms with Gasteiger partial charge in [0.15, 0.2) is 0 Å². The smallest absolute Gasteiger partial charge is 0.320 e. The van der Waals surface area contributed by atoms with Gasteiger partial charge in [0.25, 0.3) is 0 Å². The molecular formula is C22H26N2O2. The molecule has 136 valence electrons. The van der Waals surface area contributed by atoms with E-state index >= 15 is 0 Å². The summed E-state index contributed by atoms with van der Waals surface area (Å²) < 4.78 is 5.40. The van der Waals surface area contributed by atoms with Crippen molar-refractivity contribution in [2.45, 2.75) is 18.3 Å². The maximum atomic E-state index is 13.1. The Hall–Kier alpha value is -2.33. The molecule has 0 aliphatic carbocycles. The van der Waals surface area contributed by atoms with Gasteiger partial charge < -0.3 is 14.5 Å². The second kappa shape index (κ2) is 7.50. The highest BCUT2D eigenvalue weighted by molar-refractivity contribution is 5.75. The van der Waals surface area contributed by atoms with Gasteiger partial charge in [0.1, 0.15) is 0 Å². The molecule has 0 N–H and O–H groups in total. The number of nitrogens with zero attached hydrogens (tertiary/aromatic N) is 2. The molecule has 2 aromatic carbocycles. The van der Waals surface area contributed by atoms with Crippen LogP contribution in [0.15, 0.2) is 60.7 Å². The molecule has 2 saturated heterocycles. The van der Waals surface area contributed by atoms with Crippen LogP contribution in [-0.4, -0.2) is 55.2 Å². The highest BCUT2D eigenvalue weighted by atomic mass is 16.5. The zero-order chi connectivity index (χ0) is 17.8. The van der Waals surface area contributed by atoms with E-state index in [9.17, 15) is 4.79 Å². The van der Waals surface area contributed by atoms with Gasteiger partial charge in [0, 0.05) is 31.6 Å². The standard InChI is InChI=1S/C22H26N2O2/c25-21(23-14-16-26-17-15-23)24-13-7-12-22(18-24,19-8-3-1-4-9-19)20-10-5-2-6-11-20/h1-6,8-11H,7,12-18H2. The summed E-state index contributed by atoms with van der Waals surface area (Å²) in [5.41, 5.74) is 2.46. The molecule has 0 atom stereocenters. The normalized spacial score (nSPS) is 20.0. The number of morpholine rings is 1. The number of hydrogen-bond donors (Lipinski definition) is 0. The highest BCUT2D eigenvalue weighted by Gasteiger charge is 2.41. The first kappa shape index (κ1) is 17.1. The number of piperidine rings is 1. The van der Waals surface area contributed by atoms with Crippen molar-refractivity contribution in [2.75, 3.05) is 39.4 Å². The minimum atomic E-state index is -0.136. The van der Waals surface area contributed by atoms with E-state index in [1.165, 1.54) is 11.1 Å². The van der Waals surface area contributed by atoms with Gasteiger partial charge in [0.05, 0.1) is 13.2 Å². The van der Waals surface area contributed by atoms with Gasteiger partial charge in [0.2, 0.25) is 0 Å². The van der Waals surface area contributed by atoms with Crippen LogP contribution in [0.25, 0.3) is 0 Å².